The van der Waals surface area contributed by atoms with Gasteiger partial charge in [-0.25, -0.2) is 9.97 Å². The van der Waals surface area contributed by atoms with Crippen LogP contribution >= 0.6 is 0 Å². The molecule has 6 aromatic carbocycles. The van der Waals surface area contributed by atoms with Gasteiger partial charge in [-0.1, -0.05) is 121 Å². The van der Waals surface area contributed by atoms with Gasteiger partial charge >= 0.3 is 0 Å². The van der Waals surface area contributed by atoms with E-state index in [1.807, 2.05) is 18.2 Å². The molecular weight excluding hydrogens is 534 g/mol. The Morgan fingerprint density at radius 3 is 2.00 bits per heavy atom. The number of rotatable bonds is 4. The molecule has 3 heteroatoms. The Morgan fingerprint density at radius 1 is 0.477 bits per heavy atom. The molecule has 0 bridgehead atoms. The average molecular weight is 562 g/mol. The van der Waals surface area contributed by atoms with Gasteiger partial charge in [0.2, 0.25) is 0 Å². The highest BCUT2D eigenvalue weighted by Gasteiger charge is 2.26. The molecule has 9 rings (SSSR count). The number of benzene rings is 6. The largest absolute Gasteiger partial charge is 0.309 e. The first-order chi connectivity index (χ1) is 21.8. The van der Waals surface area contributed by atoms with Crippen LogP contribution in [0.5, 0.6) is 0 Å². The third-order valence-corrected chi connectivity index (χ3v) is 8.84. The SMILES string of the molecule is c1ccc(-c2nc(-c3cccc(-c4cccc5c4c4ccccc4n5-c4ccccc4)c3)c3c(n2)-c2ccccc2C3)cc1. The van der Waals surface area contributed by atoms with Crippen molar-refractivity contribution in [2.45, 2.75) is 6.42 Å². The summed E-state index contributed by atoms with van der Waals surface area (Å²) in [6.07, 6.45) is 0.834. The summed E-state index contributed by atoms with van der Waals surface area (Å²) in [5.74, 6) is 0.759. The van der Waals surface area contributed by atoms with Crippen LogP contribution < -0.4 is 0 Å². The second-order valence-corrected chi connectivity index (χ2v) is 11.4. The third kappa shape index (κ3) is 3.83. The zero-order valence-corrected chi connectivity index (χ0v) is 24.0. The summed E-state index contributed by atoms with van der Waals surface area (Å²) in [5.41, 5.74) is 13.8. The Bertz CT molecular complexity index is 2350. The standard InChI is InChI=1S/C41H27N3/c1-3-13-27(14-4-1)41-42-39(35-26-29-15-7-8-20-33(29)40(35)43-41)30-17-11-16-28(25-30)32-22-12-24-37-38(32)34-21-9-10-23-36(34)44(37)31-18-5-2-6-19-31/h1-25H,26H2. The maximum absolute atomic E-state index is 5.24. The molecule has 2 heterocycles. The monoisotopic (exact) mass is 561 g/mol. The minimum Gasteiger partial charge on any atom is -0.309 e. The van der Waals surface area contributed by atoms with E-state index in [2.05, 4.69) is 138 Å². The van der Waals surface area contributed by atoms with Gasteiger partial charge in [-0.3, -0.25) is 0 Å². The second-order valence-electron chi connectivity index (χ2n) is 11.4. The fraction of sp³-hybridized carbons (Fsp3) is 0.0244. The summed E-state index contributed by atoms with van der Waals surface area (Å²) in [4.78, 5) is 10.4. The fourth-order valence-electron chi connectivity index (χ4n) is 6.87. The van der Waals surface area contributed by atoms with Crippen LogP contribution in [-0.4, -0.2) is 14.5 Å². The highest BCUT2D eigenvalue weighted by atomic mass is 15.0. The van der Waals surface area contributed by atoms with E-state index in [1.165, 1.54) is 49.6 Å². The first-order valence-corrected chi connectivity index (χ1v) is 15.1. The zero-order chi connectivity index (χ0) is 29.0. The Kier molecular flexibility index (Phi) is 5.57. The van der Waals surface area contributed by atoms with Gasteiger partial charge in [0.15, 0.2) is 5.82 Å². The molecule has 0 aliphatic heterocycles. The number of hydrogen-bond donors (Lipinski definition) is 0. The molecule has 3 nitrogen and oxygen atoms in total. The van der Waals surface area contributed by atoms with E-state index in [0.717, 1.165) is 40.4 Å². The maximum atomic E-state index is 5.24. The second kappa shape index (κ2) is 9.89. The van der Waals surface area contributed by atoms with Crippen LogP contribution in [0.4, 0.5) is 0 Å². The fourth-order valence-corrected chi connectivity index (χ4v) is 6.87. The molecule has 0 atom stereocenters. The highest BCUT2D eigenvalue weighted by molar-refractivity contribution is 6.15. The summed E-state index contributed by atoms with van der Waals surface area (Å²) in [6.45, 7) is 0. The molecule has 0 saturated heterocycles. The van der Waals surface area contributed by atoms with Crippen LogP contribution in [0.1, 0.15) is 11.1 Å². The molecule has 0 N–H and O–H groups in total. The summed E-state index contributed by atoms with van der Waals surface area (Å²) in [5, 5.41) is 2.51. The van der Waals surface area contributed by atoms with Crippen molar-refractivity contribution in [1.29, 1.82) is 0 Å². The molecule has 0 radical (unpaired) electrons. The van der Waals surface area contributed by atoms with Crippen molar-refractivity contribution >= 4 is 21.8 Å². The Hall–Kier alpha value is -5.80. The van der Waals surface area contributed by atoms with Gasteiger partial charge in [-0.15, -0.1) is 0 Å². The van der Waals surface area contributed by atoms with E-state index < -0.39 is 0 Å². The van der Waals surface area contributed by atoms with Gasteiger partial charge in [-0.05, 0) is 47.0 Å². The minimum atomic E-state index is 0.759. The molecule has 206 valence electrons. The maximum Gasteiger partial charge on any atom is 0.160 e. The Morgan fingerprint density at radius 2 is 1.11 bits per heavy atom. The van der Waals surface area contributed by atoms with E-state index in [1.54, 1.807) is 0 Å². The quantitative estimate of drug-likeness (QED) is 0.214. The van der Waals surface area contributed by atoms with E-state index in [0.29, 0.717) is 0 Å². The van der Waals surface area contributed by atoms with E-state index in [-0.39, 0.29) is 0 Å². The average Bonchev–Trinajstić information content (AvgIpc) is 3.65. The molecule has 0 unspecified atom stereocenters. The number of para-hydroxylation sites is 2. The number of hydrogen-bond acceptors (Lipinski definition) is 2. The van der Waals surface area contributed by atoms with Gasteiger partial charge in [0.05, 0.1) is 22.4 Å². The van der Waals surface area contributed by atoms with Gasteiger partial charge in [0.1, 0.15) is 0 Å². The van der Waals surface area contributed by atoms with Crippen molar-refractivity contribution in [3.63, 3.8) is 0 Å². The first kappa shape index (κ1) is 24.8. The summed E-state index contributed by atoms with van der Waals surface area (Å²) in [6, 6.07) is 53.8. The first-order valence-electron chi connectivity index (χ1n) is 15.1. The molecule has 8 aromatic rings. The topological polar surface area (TPSA) is 30.7 Å². The van der Waals surface area contributed by atoms with Crippen LogP contribution in [0, 0.1) is 0 Å². The summed E-state index contributed by atoms with van der Waals surface area (Å²) in [7, 11) is 0. The van der Waals surface area contributed by atoms with Crippen molar-refractivity contribution in [3.8, 4) is 50.7 Å². The number of aromatic nitrogens is 3. The lowest BCUT2D eigenvalue weighted by Gasteiger charge is -2.13. The predicted octanol–water partition coefficient (Wildman–Crippen LogP) is 10.1. The molecule has 1 aliphatic carbocycles. The van der Waals surface area contributed by atoms with Crippen LogP contribution in [0.2, 0.25) is 0 Å². The molecule has 0 spiro atoms. The van der Waals surface area contributed by atoms with Crippen molar-refractivity contribution < 1.29 is 0 Å². The lowest BCUT2D eigenvalue weighted by Crippen LogP contribution is -1.99. The third-order valence-electron chi connectivity index (χ3n) is 8.84. The normalized spacial score (nSPS) is 12.0. The Balaban J connectivity index is 1.27. The lowest BCUT2D eigenvalue weighted by atomic mass is 9.95. The van der Waals surface area contributed by atoms with Gasteiger partial charge in [0, 0.05) is 45.1 Å². The highest BCUT2D eigenvalue weighted by Crippen LogP contribution is 2.43. The molecular formula is C41H27N3. The van der Waals surface area contributed by atoms with Crippen LogP contribution in [0.15, 0.2) is 152 Å². The molecule has 0 fully saturated rings. The van der Waals surface area contributed by atoms with Crippen LogP contribution in [0.25, 0.3) is 72.5 Å². The van der Waals surface area contributed by atoms with Crippen molar-refractivity contribution in [2.75, 3.05) is 0 Å². The molecule has 1 aliphatic rings. The summed E-state index contributed by atoms with van der Waals surface area (Å²) >= 11 is 0. The van der Waals surface area contributed by atoms with E-state index >= 15 is 0 Å². The molecule has 44 heavy (non-hydrogen) atoms. The predicted molar refractivity (Wildman–Crippen MR) is 181 cm³/mol. The minimum absolute atomic E-state index is 0.759. The van der Waals surface area contributed by atoms with Gasteiger partial charge in [0.25, 0.3) is 0 Å². The number of nitrogens with zero attached hydrogens (tertiary/aromatic N) is 3. The van der Waals surface area contributed by atoms with Crippen molar-refractivity contribution in [2.24, 2.45) is 0 Å². The van der Waals surface area contributed by atoms with Crippen LogP contribution in [0.3, 0.4) is 0 Å². The van der Waals surface area contributed by atoms with Gasteiger partial charge in [-0.2, -0.15) is 0 Å². The molecule has 2 aromatic heterocycles. The van der Waals surface area contributed by atoms with Crippen molar-refractivity contribution in [1.82, 2.24) is 14.5 Å². The Labute approximate surface area is 255 Å². The lowest BCUT2D eigenvalue weighted by molar-refractivity contribution is 1.13. The molecule has 0 saturated carbocycles. The van der Waals surface area contributed by atoms with E-state index in [4.69, 9.17) is 9.97 Å². The van der Waals surface area contributed by atoms with Crippen molar-refractivity contribution in [3.05, 3.63) is 163 Å². The smallest absolute Gasteiger partial charge is 0.160 e. The van der Waals surface area contributed by atoms with E-state index in [9.17, 15) is 0 Å². The molecule has 0 amide bonds. The summed E-state index contributed by atoms with van der Waals surface area (Å²) < 4.78 is 2.37. The van der Waals surface area contributed by atoms with Gasteiger partial charge < -0.3 is 4.57 Å². The number of fused-ring (bicyclic) bond motifs is 6. The van der Waals surface area contributed by atoms with Crippen LogP contribution in [-0.2, 0) is 6.42 Å². The zero-order valence-electron chi connectivity index (χ0n) is 24.0.